The molecular formula is C12H6BrCl2FO. The second-order valence-electron chi connectivity index (χ2n) is 3.41. The molecule has 1 N–H and O–H groups in total. The second-order valence-corrected chi connectivity index (χ2v) is 5.17. The summed E-state index contributed by atoms with van der Waals surface area (Å²) in [4.78, 5) is 0. The van der Waals surface area contributed by atoms with Crippen LogP contribution in [0.1, 0.15) is 0 Å². The summed E-state index contributed by atoms with van der Waals surface area (Å²) in [5, 5.41) is 10.2. The van der Waals surface area contributed by atoms with Gasteiger partial charge in [0.1, 0.15) is 11.6 Å². The summed E-state index contributed by atoms with van der Waals surface area (Å²) in [6, 6.07) is 7.39. The van der Waals surface area contributed by atoms with Crippen molar-refractivity contribution in [3.8, 4) is 16.9 Å². The molecule has 17 heavy (non-hydrogen) atoms. The molecule has 2 aromatic rings. The van der Waals surface area contributed by atoms with E-state index in [9.17, 15) is 9.50 Å². The van der Waals surface area contributed by atoms with Crippen molar-refractivity contribution < 1.29 is 9.50 Å². The molecule has 0 amide bonds. The highest BCUT2D eigenvalue weighted by Crippen LogP contribution is 2.39. The van der Waals surface area contributed by atoms with Crippen molar-refractivity contribution in [2.45, 2.75) is 0 Å². The third-order valence-corrected chi connectivity index (χ3v) is 3.25. The van der Waals surface area contributed by atoms with Gasteiger partial charge in [-0.25, -0.2) is 4.39 Å². The second kappa shape index (κ2) is 4.84. The summed E-state index contributed by atoms with van der Waals surface area (Å²) < 4.78 is 14.4. The van der Waals surface area contributed by atoms with E-state index in [-0.39, 0.29) is 21.9 Å². The Morgan fingerprint density at radius 2 is 1.76 bits per heavy atom. The molecule has 0 fully saturated rings. The van der Waals surface area contributed by atoms with Crippen LogP contribution in [0.4, 0.5) is 4.39 Å². The number of hydrogen-bond donors (Lipinski definition) is 1. The maximum absolute atomic E-state index is 13.8. The molecule has 0 bridgehead atoms. The highest BCUT2D eigenvalue weighted by Gasteiger charge is 2.13. The van der Waals surface area contributed by atoms with Gasteiger partial charge in [0.2, 0.25) is 0 Å². The zero-order valence-corrected chi connectivity index (χ0v) is 11.4. The molecule has 0 heterocycles. The van der Waals surface area contributed by atoms with Crippen molar-refractivity contribution in [2.75, 3.05) is 0 Å². The van der Waals surface area contributed by atoms with E-state index >= 15 is 0 Å². The molecule has 2 rings (SSSR count). The number of halogens is 4. The Hall–Kier alpha value is -0.770. The zero-order chi connectivity index (χ0) is 12.6. The SMILES string of the molecule is Oc1c(Cl)cc(Cl)cc1-c1ccc(Br)cc1F. The van der Waals surface area contributed by atoms with Gasteiger partial charge in [0, 0.05) is 20.6 Å². The van der Waals surface area contributed by atoms with Gasteiger partial charge in [-0.3, -0.25) is 0 Å². The molecule has 0 saturated heterocycles. The van der Waals surface area contributed by atoms with Gasteiger partial charge in [0.05, 0.1) is 5.02 Å². The van der Waals surface area contributed by atoms with Gasteiger partial charge in [-0.15, -0.1) is 0 Å². The monoisotopic (exact) mass is 334 g/mol. The number of phenols is 1. The van der Waals surface area contributed by atoms with Crippen molar-refractivity contribution in [2.24, 2.45) is 0 Å². The van der Waals surface area contributed by atoms with Gasteiger partial charge in [0.25, 0.3) is 0 Å². The summed E-state index contributed by atoms with van der Waals surface area (Å²) in [7, 11) is 0. The molecule has 0 aliphatic heterocycles. The summed E-state index contributed by atoms with van der Waals surface area (Å²) in [5.41, 5.74) is 0.516. The fourth-order valence-electron chi connectivity index (χ4n) is 1.48. The predicted octanol–water partition coefficient (Wildman–Crippen LogP) is 5.27. The van der Waals surface area contributed by atoms with E-state index in [1.807, 2.05) is 0 Å². The molecule has 2 aromatic carbocycles. The lowest BCUT2D eigenvalue weighted by Crippen LogP contribution is -1.86. The molecule has 88 valence electrons. The maximum atomic E-state index is 13.8. The van der Waals surface area contributed by atoms with Crippen LogP contribution in [0.5, 0.6) is 5.75 Å². The fraction of sp³-hybridized carbons (Fsp3) is 0. The number of benzene rings is 2. The van der Waals surface area contributed by atoms with Crippen molar-refractivity contribution in [3.63, 3.8) is 0 Å². The first-order chi connectivity index (χ1) is 7.99. The van der Waals surface area contributed by atoms with Crippen LogP contribution in [-0.2, 0) is 0 Å². The van der Waals surface area contributed by atoms with E-state index in [1.165, 1.54) is 18.2 Å². The average molecular weight is 336 g/mol. The third-order valence-electron chi connectivity index (χ3n) is 2.25. The van der Waals surface area contributed by atoms with Crippen LogP contribution < -0.4 is 0 Å². The fourth-order valence-corrected chi connectivity index (χ4v) is 2.31. The molecular weight excluding hydrogens is 330 g/mol. The molecule has 0 aliphatic rings. The Kier molecular flexibility index (Phi) is 3.61. The Morgan fingerprint density at radius 1 is 1.06 bits per heavy atom. The lowest BCUT2D eigenvalue weighted by molar-refractivity contribution is 0.477. The maximum Gasteiger partial charge on any atom is 0.142 e. The van der Waals surface area contributed by atoms with Gasteiger partial charge < -0.3 is 5.11 Å². The van der Waals surface area contributed by atoms with E-state index in [0.29, 0.717) is 9.50 Å². The standard InChI is InChI=1S/C12H6BrCl2FO/c13-6-1-2-8(11(16)3-6)9-4-7(14)5-10(15)12(9)17/h1-5,17H. The van der Waals surface area contributed by atoms with Gasteiger partial charge in [-0.1, -0.05) is 45.2 Å². The minimum Gasteiger partial charge on any atom is -0.506 e. The van der Waals surface area contributed by atoms with Gasteiger partial charge >= 0.3 is 0 Å². The molecule has 0 atom stereocenters. The minimum absolute atomic E-state index is 0.0924. The smallest absolute Gasteiger partial charge is 0.142 e. The summed E-state index contributed by atoms with van der Waals surface area (Å²) >= 11 is 14.8. The summed E-state index contributed by atoms with van der Waals surface area (Å²) in [5.74, 6) is -0.648. The van der Waals surface area contributed by atoms with Crippen molar-refractivity contribution in [3.05, 3.63) is 50.7 Å². The van der Waals surface area contributed by atoms with E-state index in [4.69, 9.17) is 23.2 Å². The van der Waals surface area contributed by atoms with Crippen LogP contribution >= 0.6 is 39.1 Å². The van der Waals surface area contributed by atoms with Gasteiger partial charge in [-0.2, -0.15) is 0 Å². The van der Waals surface area contributed by atoms with Crippen molar-refractivity contribution in [1.29, 1.82) is 0 Å². The quantitative estimate of drug-likeness (QED) is 0.752. The van der Waals surface area contributed by atoms with Crippen LogP contribution in [-0.4, -0.2) is 5.11 Å². The minimum atomic E-state index is -0.465. The first kappa shape index (κ1) is 12.7. The molecule has 0 saturated carbocycles. The predicted molar refractivity (Wildman–Crippen MR) is 71.2 cm³/mol. The van der Waals surface area contributed by atoms with E-state index in [1.54, 1.807) is 12.1 Å². The molecule has 0 radical (unpaired) electrons. The Bertz CT molecular complexity index is 587. The normalized spacial score (nSPS) is 10.6. The molecule has 0 aromatic heterocycles. The summed E-state index contributed by atoms with van der Waals surface area (Å²) in [6.07, 6.45) is 0. The van der Waals surface area contributed by atoms with E-state index < -0.39 is 5.82 Å². The number of hydrogen-bond acceptors (Lipinski definition) is 1. The Balaban J connectivity index is 2.68. The lowest BCUT2D eigenvalue weighted by atomic mass is 10.0. The van der Waals surface area contributed by atoms with Crippen LogP contribution in [0.3, 0.4) is 0 Å². The van der Waals surface area contributed by atoms with Gasteiger partial charge in [0.15, 0.2) is 0 Å². The van der Waals surface area contributed by atoms with E-state index in [2.05, 4.69) is 15.9 Å². The zero-order valence-electron chi connectivity index (χ0n) is 8.35. The molecule has 0 unspecified atom stereocenters. The van der Waals surface area contributed by atoms with Gasteiger partial charge in [-0.05, 0) is 24.3 Å². The first-order valence-electron chi connectivity index (χ1n) is 4.62. The molecule has 5 heteroatoms. The highest BCUT2D eigenvalue weighted by molar-refractivity contribution is 9.10. The largest absolute Gasteiger partial charge is 0.506 e. The average Bonchev–Trinajstić information content (AvgIpc) is 2.24. The molecule has 0 spiro atoms. The number of aromatic hydroxyl groups is 1. The van der Waals surface area contributed by atoms with Crippen molar-refractivity contribution in [1.82, 2.24) is 0 Å². The van der Waals surface area contributed by atoms with Crippen LogP contribution in [0.25, 0.3) is 11.1 Å². The first-order valence-corrected chi connectivity index (χ1v) is 6.17. The Morgan fingerprint density at radius 3 is 2.41 bits per heavy atom. The lowest BCUT2D eigenvalue weighted by Gasteiger charge is -2.08. The van der Waals surface area contributed by atoms with E-state index in [0.717, 1.165) is 0 Å². The highest BCUT2D eigenvalue weighted by atomic mass is 79.9. The van der Waals surface area contributed by atoms with Crippen LogP contribution in [0.2, 0.25) is 10.0 Å². The Labute approximate surface area is 116 Å². The number of phenolic OH excluding ortho intramolecular Hbond substituents is 1. The molecule has 1 nitrogen and oxygen atoms in total. The number of rotatable bonds is 1. The molecule has 0 aliphatic carbocycles. The third kappa shape index (κ3) is 2.57. The summed E-state index contributed by atoms with van der Waals surface area (Å²) in [6.45, 7) is 0. The van der Waals surface area contributed by atoms with Crippen LogP contribution in [0.15, 0.2) is 34.8 Å². The van der Waals surface area contributed by atoms with Crippen molar-refractivity contribution >= 4 is 39.1 Å². The van der Waals surface area contributed by atoms with Crippen LogP contribution in [0, 0.1) is 5.82 Å². The topological polar surface area (TPSA) is 20.2 Å².